The largest absolute Gasteiger partial charge is 0.461 e. The normalized spacial score (nSPS) is 10.1. The number of anilines is 1. The standard InChI is InChI=1S/C10H16N2O3S/c1-3-15-9(13)8-7-16-10(12-8)11-5-4-6-14-2/h7H,3-6H2,1-2H3,(H,11,12). The predicted molar refractivity (Wildman–Crippen MR) is 63.1 cm³/mol. The van der Waals surface area contributed by atoms with Crippen molar-refractivity contribution in [1.29, 1.82) is 0 Å². The molecule has 0 aromatic carbocycles. The minimum atomic E-state index is -0.372. The smallest absolute Gasteiger partial charge is 0.357 e. The van der Waals surface area contributed by atoms with E-state index >= 15 is 0 Å². The maximum atomic E-state index is 11.3. The first kappa shape index (κ1) is 12.9. The van der Waals surface area contributed by atoms with Gasteiger partial charge in [0.05, 0.1) is 6.61 Å². The summed E-state index contributed by atoms with van der Waals surface area (Å²) in [5.74, 6) is -0.372. The second kappa shape index (κ2) is 7.19. The van der Waals surface area contributed by atoms with Crippen molar-refractivity contribution >= 4 is 22.4 Å². The lowest BCUT2D eigenvalue weighted by Gasteiger charge is -2.01. The van der Waals surface area contributed by atoms with Crippen molar-refractivity contribution in [2.45, 2.75) is 13.3 Å². The summed E-state index contributed by atoms with van der Waals surface area (Å²) in [6.07, 6.45) is 0.908. The minimum Gasteiger partial charge on any atom is -0.461 e. The fraction of sp³-hybridized carbons (Fsp3) is 0.600. The van der Waals surface area contributed by atoms with Gasteiger partial charge in [-0.25, -0.2) is 9.78 Å². The number of aromatic nitrogens is 1. The van der Waals surface area contributed by atoms with Gasteiger partial charge in [-0.05, 0) is 13.3 Å². The van der Waals surface area contributed by atoms with Gasteiger partial charge in [0.15, 0.2) is 10.8 Å². The maximum Gasteiger partial charge on any atom is 0.357 e. The monoisotopic (exact) mass is 244 g/mol. The summed E-state index contributed by atoms with van der Waals surface area (Å²) in [5.41, 5.74) is 0.362. The van der Waals surface area contributed by atoms with Crippen LogP contribution in [-0.4, -0.2) is 37.8 Å². The van der Waals surface area contributed by atoms with E-state index in [4.69, 9.17) is 9.47 Å². The first-order valence-corrected chi connectivity index (χ1v) is 6.01. The van der Waals surface area contributed by atoms with E-state index in [-0.39, 0.29) is 5.97 Å². The molecule has 0 saturated heterocycles. The predicted octanol–water partition coefficient (Wildman–Crippen LogP) is 1.77. The second-order valence-corrected chi connectivity index (χ2v) is 3.89. The Kier molecular flexibility index (Phi) is 5.81. The van der Waals surface area contributed by atoms with Crippen molar-refractivity contribution in [3.05, 3.63) is 11.1 Å². The number of ether oxygens (including phenoxy) is 2. The van der Waals surface area contributed by atoms with Gasteiger partial charge in [-0.15, -0.1) is 11.3 Å². The summed E-state index contributed by atoms with van der Waals surface area (Å²) in [6, 6.07) is 0. The molecule has 0 aliphatic heterocycles. The van der Waals surface area contributed by atoms with Gasteiger partial charge in [-0.3, -0.25) is 0 Å². The highest BCUT2D eigenvalue weighted by molar-refractivity contribution is 7.13. The number of methoxy groups -OCH3 is 1. The molecule has 5 nitrogen and oxygen atoms in total. The van der Waals surface area contributed by atoms with Crippen molar-refractivity contribution < 1.29 is 14.3 Å². The molecule has 0 radical (unpaired) electrons. The Morgan fingerprint density at radius 1 is 1.62 bits per heavy atom. The number of nitrogens with one attached hydrogen (secondary N) is 1. The molecule has 1 aromatic heterocycles. The first-order chi connectivity index (χ1) is 7.77. The average molecular weight is 244 g/mol. The Morgan fingerprint density at radius 2 is 2.44 bits per heavy atom. The molecule has 6 heteroatoms. The molecule has 0 amide bonds. The Labute approximate surface area is 98.8 Å². The summed E-state index contributed by atoms with van der Waals surface area (Å²) in [7, 11) is 1.67. The number of carbonyl (C=O) groups is 1. The number of carbonyl (C=O) groups excluding carboxylic acids is 1. The van der Waals surface area contributed by atoms with Crippen LogP contribution in [0.15, 0.2) is 5.38 Å². The van der Waals surface area contributed by atoms with Crippen LogP contribution < -0.4 is 5.32 Å². The van der Waals surface area contributed by atoms with Gasteiger partial charge in [-0.1, -0.05) is 0 Å². The molecule has 0 unspecified atom stereocenters. The van der Waals surface area contributed by atoms with Gasteiger partial charge < -0.3 is 14.8 Å². The highest BCUT2D eigenvalue weighted by atomic mass is 32.1. The van der Waals surface area contributed by atoms with E-state index in [2.05, 4.69) is 10.3 Å². The molecule has 0 atom stereocenters. The van der Waals surface area contributed by atoms with Crippen LogP contribution >= 0.6 is 11.3 Å². The zero-order valence-electron chi connectivity index (χ0n) is 9.49. The molecule has 90 valence electrons. The summed E-state index contributed by atoms with van der Waals surface area (Å²) in [6.45, 7) is 3.63. The molecule has 0 fully saturated rings. The summed E-state index contributed by atoms with van der Waals surface area (Å²) >= 11 is 1.40. The lowest BCUT2D eigenvalue weighted by molar-refractivity contribution is 0.0520. The first-order valence-electron chi connectivity index (χ1n) is 5.13. The lowest BCUT2D eigenvalue weighted by atomic mass is 10.4. The van der Waals surface area contributed by atoms with Crippen LogP contribution in [0.2, 0.25) is 0 Å². The Morgan fingerprint density at radius 3 is 3.12 bits per heavy atom. The van der Waals surface area contributed by atoms with E-state index in [1.54, 1.807) is 19.4 Å². The van der Waals surface area contributed by atoms with Crippen LogP contribution in [0.25, 0.3) is 0 Å². The molecule has 0 spiro atoms. The summed E-state index contributed by atoms with van der Waals surface area (Å²) in [5, 5.41) is 5.54. The average Bonchev–Trinajstić information content (AvgIpc) is 2.73. The topological polar surface area (TPSA) is 60.5 Å². The highest BCUT2D eigenvalue weighted by Crippen LogP contribution is 2.15. The molecule has 1 aromatic rings. The molecule has 1 heterocycles. The maximum absolute atomic E-state index is 11.3. The van der Waals surface area contributed by atoms with Crippen molar-refractivity contribution in [1.82, 2.24) is 4.98 Å². The fourth-order valence-electron chi connectivity index (χ4n) is 1.07. The van der Waals surface area contributed by atoms with Crippen LogP contribution in [0.4, 0.5) is 5.13 Å². The number of esters is 1. The van der Waals surface area contributed by atoms with Gasteiger partial charge >= 0.3 is 5.97 Å². The third kappa shape index (κ3) is 4.16. The lowest BCUT2D eigenvalue weighted by Crippen LogP contribution is -2.07. The molecule has 16 heavy (non-hydrogen) atoms. The minimum absolute atomic E-state index is 0.362. The Balaban J connectivity index is 2.36. The molecular formula is C10H16N2O3S. The van der Waals surface area contributed by atoms with Crippen molar-refractivity contribution in [3.63, 3.8) is 0 Å². The van der Waals surface area contributed by atoms with Crippen LogP contribution in [0.5, 0.6) is 0 Å². The molecule has 1 N–H and O–H groups in total. The number of rotatable bonds is 7. The second-order valence-electron chi connectivity index (χ2n) is 3.03. The zero-order chi connectivity index (χ0) is 11.8. The van der Waals surface area contributed by atoms with E-state index in [0.717, 1.165) is 18.1 Å². The van der Waals surface area contributed by atoms with E-state index in [9.17, 15) is 4.79 Å². The third-order valence-corrected chi connectivity index (χ3v) is 2.59. The number of thiazole rings is 1. The van der Waals surface area contributed by atoms with E-state index in [1.807, 2.05) is 0 Å². The summed E-state index contributed by atoms with van der Waals surface area (Å²) < 4.78 is 9.77. The summed E-state index contributed by atoms with van der Waals surface area (Å²) in [4.78, 5) is 15.4. The Hall–Kier alpha value is -1.14. The van der Waals surface area contributed by atoms with Crippen molar-refractivity contribution in [3.8, 4) is 0 Å². The molecule has 0 bridgehead atoms. The Bertz CT molecular complexity index is 328. The number of hydrogen-bond acceptors (Lipinski definition) is 6. The number of hydrogen-bond donors (Lipinski definition) is 1. The van der Waals surface area contributed by atoms with Crippen molar-refractivity contribution in [2.75, 3.05) is 32.2 Å². The van der Waals surface area contributed by atoms with Crippen LogP contribution in [0.3, 0.4) is 0 Å². The zero-order valence-corrected chi connectivity index (χ0v) is 10.3. The fourth-order valence-corrected chi connectivity index (χ4v) is 1.77. The van der Waals surface area contributed by atoms with E-state index in [0.29, 0.717) is 18.9 Å². The SMILES string of the molecule is CCOC(=O)c1csc(NCCCOC)n1. The highest BCUT2D eigenvalue weighted by Gasteiger charge is 2.10. The van der Waals surface area contributed by atoms with Gasteiger partial charge in [0.2, 0.25) is 0 Å². The molecule has 0 aliphatic rings. The van der Waals surface area contributed by atoms with Crippen LogP contribution in [-0.2, 0) is 9.47 Å². The van der Waals surface area contributed by atoms with Crippen LogP contribution in [0.1, 0.15) is 23.8 Å². The van der Waals surface area contributed by atoms with E-state index in [1.165, 1.54) is 11.3 Å². The molecule has 1 rings (SSSR count). The van der Waals surface area contributed by atoms with Gasteiger partial charge in [0.1, 0.15) is 0 Å². The number of nitrogens with zero attached hydrogens (tertiary/aromatic N) is 1. The van der Waals surface area contributed by atoms with Gasteiger partial charge in [-0.2, -0.15) is 0 Å². The molecular weight excluding hydrogens is 228 g/mol. The third-order valence-electron chi connectivity index (χ3n) is 1.79. The molecule has 0 saturated carbocycles. The molecule has 0 aliphatic carbocycles. The van der Waals surface area contributed by atoms with Crippen molar-refractivity contribution in [2.24, 2.45) is 0 Å². The quantitative estimate of drug-likeness (QED) is 0.585. The van der Waals surface area contributed by atoms with E-state index < -0.39 is 0 Å². The van der Waals surface area contributed by atoms with Gasteiger partial charge in [0.25, 0.3) is 0 Å². The van der Waals surface area contributed by atoms with Gasteiger partial charge in [0, 0.05) is 25.6 Å². The van der Waals surface area contributed by atoms with Crippen LogP contribution in [0, 0.1) is 0 Å².